The smallest absolute Gasteiger partial charge is 0.243 e. The highest BCUT2D eigenvalue weighted by molar-refractivity contribution is 5.85. The fourth-order valence-corrected chi connectivity index (χ4v) is 2.62. The molecule has 2 aliphatic heterocycles. The van der Waals surface area contributed by atoms with Crippen LogP contribution in [-0.2, 0) is 4.79 Å². The van der Waals surface area contributed by atoms with Gasteiger partial charge in [0.25, 0.3) is 0 Å². The molecule has 0 radical (unpaired) electrons. The van der Waals surface area contributed by atoms with Gasteiger partial charge in [0.15, 0.2) is 0 Å². The van der Waals surface area contributed by atoms with Crippen LogP contribution in [0.3, 0.4) is 0 Å². The predicted octanol–water partition coefficient (Wildman–Crippen LogP) is 1.83. The summed E-state index contributed by atoms with van der Waals surface area (Å²) in [5.41, 5.74) is 2.62. The molecule has 0 spiro atoms. The molecule has 0 saturated heterocycles. The molecular formula is C16H18N2O. The average molecular weight is 254 g/mol. The average Bonchev–Trinajstić information content (AvgIpc) is 3.02. The van der Waals surface area contributed by atoms with Gasteiger partial charge in [-0.15, -0.1) is 0 Å². The van der Waals surface area contributed by atoms with Crippen LogP contribution in [-0.4, -0.2) is 36.5 Å². The highest BCUT2D eigenvalue weighted by Gasteiger charge is 2.24. The summed E-state index contributed by atoms with van der Waals surface area (Å²) in [6.07, 6.45) is 7.08. The van der Waals surface area contributed by atoms with Gasteiger partial charge in [-0.1, -0.05) is 48.6 Å². The van der Waals surface area contributed by atoms with Gasteiger partial charge in [-0.3, -0.25) is 10.1 Å². The maximum absolute atomic E-state index is 12.2. The van der Waals surface area contributed by atoms with E-state index in [2.05, 4.69) is 35.7 Å². The van der Waals surface area contributed by atoms with Crippen molar-refractivity contribution in [2.24, 2.45) is 0 Å². The molecule has 0 saturated carbocycles. The van der Waals surface area contributed by atoms with Crippen LogP contribution >= 0.6 is 0 Å². The highest BCUT2D eigenvalue weighted by Crippen LogP contribution is 2.22. The van der Waals surface area contributed by atoms with Crippen molar-refractivity contribution in [2.45, 2.75) is 12.5 Å². The molecule has 3 heteroatoms. The number of hydrogen-bond donors (Lipinski definition) is 1. The summed E-state index contributed by atoms with van der Waals surface area (Å²) >= 11 is 0. The SMILES string of the molecule is O=C([C@@H]1C=CCN1)N1CC=C(c2ccccc2)CC1. The predicted molar refractivity (Wildman–Crippen MR) is 76.5 cm³/mol. The van der Waals surface area contributed by atoms with Gasteiger partial charge < -0.3 is 4.90 Å². The Bertz CT molecular complexity index is 519. The van der Waals surface area contributed by atoms with Gasteiger partial charge in [-0.2, -0.15) is 0 Å². The molecule has 0 bridgehead atoms. The Labute approximate surface area is 113 Å². The highest BCUT2D eigenvalue weighted by atomic mass is 16.2. The second-order valence-electron chi connectivity index (χ2n) is 4.94. The van der Waals surface area contributed by atoms with E-state index in [0.717, 1.165) is 26.1 Å². The quantitative estimate of drug-likeness (QED) is 0.817. The zero-order chi connectivity index (χ0) is 13.1. The normalized spacial score (nSPS) is 22.4. The van der Waals surface area contributed by atoms with E-state index in [1.165, 1.54) is 11.1 Å². The number of benzene rings is 1. The topological polar surface area (TPSA) is 32.3 Å². The number of carbonyl (C=O) groups is 1. The minimum absolute atomic E-state index is 0.119. The standard InChI is InChI=1S/C16H18N2O/c19-16(15-7-4-10-17-15)18-11-8-14(9-12-18)13-5-2-1-3-6-13/h1-8,15,17H,9-12H2/t15-/m0/s1. The summed E-state index contributed by atoms with van der Waals surface area (Å²) in [4.78, 5) is 14.2. The Morgan fingerprint density at radius 3 is 2.74 bits per heavy atom. The number of amides is 1. The van der Waals surface area contributed by atoms with Crippen LogP contribution in [0.5, 0.6) is 0 Å². The number of rotatable bonds is 2. The fourth-order valence-electron chi connectivity index (χ4n) is 2.62. The van der Waals surface area contributed by atoms with Gasteiger partial charge >= 0.3 is 0 Å². The van der Waals surface area contributed by atoms with Crippen LogP contribution in [0, 0.1) is 0 Å². The second-order valence-corrected chi connectivity index (χ2v) is 4.94. The van der Waals surface area contributed by atoms with Crippen molar-refractivity contribution in [1.29, 1.82) is 0 Å². The molecule has 1 aromatic rings. The lowest BCUT2D eigenvalue weighted by Crippen LogP contribution is -2.45. The van der Waals surface area contributed by atoms with Crippen molar-refractivity contribution in [3.8, 4) is 0 Å². The van der Waals surface area contributed by atoms with E-state index in [-0.39, 0.29) is 11.9 Å². The Morgan fingerprint density at radius 1 is 1.26 bits per heavy atom. The Balaban J connectivity index is 1.66. The third-order valence-corrected chi connectivity index (χ3v) is 3.72. The summed E-state index contributed by atoms with van der Waals surface area (Å²) in [5.74, 6) is 0.192. The number of nitrogens with zero attached hydrogens (tertiary/aromatic N) is 1. The molecule has 19 heavy (non-hydrogen) atoms. The molecular weight excluding hydrogens is 236 g/mol. The number of hydrogen-bond acceptors (Lipinski definition) is 2. The van der Waals surface area contributed by atoms with Crippen molar-refractivity contribution in [3.63, 3.8) is 0 Å². The lowest BCUT2D eigenvalue weighted by molar-refractivity contribution is -0.131. The van der Waals surface area contributed by atoms with E-state index in [1.54, 1.807) is 0 Å². The van der Waals surface area contributed by atoms with Gasteiger partial charge in [-0.25, -0.2) is 0 Å². The second kappa shape index (κ2) is 5.41. The largest absolute Gasteiger partial charge is 0.337 e. The van der Waals surface area contributed by atoms with E-state index < -0.39 is 0 Å². The minimum Gasteiger partial charge on any atom is -0.337 e. The Morgan fingerprint density at radius 2 is 2.11 bits per heavy atom. The van der Waals surface area contributed by atoms with Crippen molar-refractivity contribution < 1.29 is 4.79 Å². The van der Waals surface area contributed by atoms with Gasteiger partial charge in [-0.05, 0) is 17.6 Å². The maximum atomic E-state index is 12.2. The van der Waals surface area contributed by atoms with Crippen LogP contribution in [0.15, 0.2) is 48.6 Å². The molecule has 3 nitrogen and oxygen atoms in total. The molecule has 2 aliphatic rings. The van der Waals surface area contributed by atoms with Gasteiger partial charge in [0.05, 0.1) is 0 Å². The Hall–Kier alpha value is -1.87. The molecule has 0 aromatic heterocycles. The van der Waals surface area contributed by atoms with Crippen molar-refractivity contribution in [2.75, 3.05) is 19.6 Å². The maximum Gasteiger partial charge on any atom is 0.243 e. The van der Waals surface area contributed by atoms with E-state index in [4.69, 9.17) is 0 Å². The molecule has 1 amide bonds. The molecule has 1 atom stereocenters. The van der Waals surface area contributed by atoms with Gasteiger partial charge in [0, 0.05) is 19.6 Å². The molecule has 0 fully saturated rings. The van der Waals surface area contributed by atoms with Gasteiger partial charge in [0.1, 0.15) is 6.04 Å². The van der Waals surface area contributed by atoms with Crippen molar-refractivity contribution in [3.05, 3.63) is 54.1 Å². The molecule has 3 rings (SSSR count). The van der Waals surface area contributed by atoms with E-state index >= 15 is 0 Å². The zero-order valence-electron chi connectivity index (χ0n) is 10.9. The molecule has 2 heterocycles. The summed E-state index contributed by atoms with van der Waals surface area (Å²) in [6.45, 7) is 2.33. The Kier molecular flexibility index (Phi) is 3.47. The van der Waals surface area contributed by atoms with Gasteiger partial charge in [0.2, 0.25) is 5.91 Å². The van der Waals surface area contributed by atoms with Crippen molar-refractivity contribution in [1.82, 2.24) is 10.2 Å². The lowest BCUT2D eigenvalue weighted by Gasteiger charge is -2.28. The summed E-state index contributed by atoms with van der Waals surface area (Å²) in [7, 11) is 0. The number of carbonyl (C=O) groups excluding carboxylic acids is 1. The first kappa shape index (κ1) is 12.2. The van der Waals surface area contributed by atoms with Crippen LogP contribution < -0.4 is 5.32 Å². The number of nitrogens with one attached hydrogen (secondary N) is 1. The third kappa shape index (κ3) is 2.61. The summed E-state index contributed by atoms with van der Waals surface area (Å²) in [6, 6.07) is 10.3. The molecule has 1 aromatic carbocycles. The summed E-state index contributed by atoms with van der Waals surface area (Å²) in [5, 5.41) is 3.17. The summed E-state index contributed by atoms with van der Waals surface area (Å²) < 4.78 is 0. The zero-order valence-corrected chi connectivity index (χ0v) is 10.9. The van der Waals surface area contributed by atoms with Crippen LogP contribution in [0.2, 0.25) is 0 Å². The molecule has 0 unspecified atom stereocenters. The fraction of sp³-hybridized carbons (Fsp3) is 0.312. The van der Waals surface area contributed by atoms with Crippen LogP contribution in [0.25, 0.3) is 5.57 Å². The molecule has 98 valence electrons. The van der Waals surface area contributed by atoms with Crippen molar-refractivity contribution >= 4 is 11.5 Å². The molecule has 1 N–H and O–H groups in total. The lowest BCUT2D eigenvalue weighted by atomic mass is 9.99. The van der Waals surface area contributed by atoms with E-state index in [0.29, 0.717) is 0 Å². The van der Waals surface area contributed by atoms with Crippen LogP contribution in [0.1, 0.15) is 12.0 Å². The van der Waals surface area contributed by atoms with E-state index in [1.807, 2.05) is 23.1 Å². The third-order valence-electron chi connectivity index (χ3n) is 3.72. The first-order chi connectivity index (χ1) is 9.34. The van der Waals surface area contributed by atoms with Crippen LogP contribution in [0.4, 0.5) is 0 Å². The first-order valence-corrected chi connectivity index (χ1v) is 6.78. The monoisotopic (exact) mass is 254 g/mol. The molecule has 0 aliphatic carbocycles. The van der Waals surface area contributed by atoms with E-state index in [9.17, 15) is 4.79 Å². The minimum atomic E-state index is -0.119. The first-order valence-electron chi connectivity index (χ1n) is 6.78.